The van der Waals surface area contributed by atoms with Crippen molar-refractivity contribution in [2.75, 3.05) is 19.6 Å². The van der Waals surface area contributed by atoms with Gasteiger partial charge in [-0.05, 0) is 49.9 Å². The highest BCUT2D eigenvalue weighted by molar-refractivity contribution is 6.30. The van der Waals surface area contributed by atoms with E-state index in [1.807, 2.05) is 18.2 Å². The number of amides is 1. The van der Waals surface area contributed by atoms with E-state index in [1.54, 1.807) is 0 Å². The van der Waals surface area contributed by atoms with Crippen LogP contribution in [0.3, 0.4) is 0 Å². The number of hydrogen-bond donors (Lipinski definition) is 2. The lowest BCUT2D eigenvalue weighted by atomic mass is 10.0. The molecular formula is C19H30Cl3N3O2. The number of nitrogens with two attached hydrogens (primary N) is 1. The Morgan fingerprint density at radius 3 is 2.78 bits per heavy atom. The van der Waals surface area contributed by atoms with Gasteiger partial charge in [-0.1, -0.05) is 30.2 Å². The SMILES string of the molecule is Cl.Cl.NC[C@H]1CC[C@@H](C(=O)NCC2CCCCN2Cc2cccc(Cl)c2)O1. The average Bonchev–Trinajstić information content (AvgIpc) is 3.10. The summed E-state index contributed by atoms with van der Waals surface area (Å²) in [5, 5.41) is 3.86. The van der Waals surface area contributed by atoms with E-state index in [0.717, 1.165) is 37.4 Å². The molecule has 1 amide bonds. The fourth-order valence-corrected chi connectivity index (χ4v) is 3.99. The summed E-state index contributed by atoms with van der Waals surface area (Å²) in [7, 11) is 0. The lowest BCUT2D eigenvalue weighted by molar-refractivity contribution is -0.132. The molecule has 5 nitrogen and oxygen atoms in total. The molecule has 1 unspecified atom stereocenters. The summed E-state index contributed by atoms with van der Waals surface area (Å²) in [6.45, 7) is 3.09. The molecule has 0 bridgehead atoms. The van der Waals surface area contributed by atoms with Crippen LogP contribution < -0.4 is 11.1 Å². The number of hydrogen-bond acceptors (Lipinski definition) is 4. The van der Waals surface area contributed by atoms with Crippen LogP contribution in [0.1, 0.15) is 37.7 Å². The lowest BCUT2D eigenvalue weighted by Gasteiger charge is -2.36. The van der Waals surface area contributed by atoms with E-state index in [0.29, 0.717) is 19.1 Å². The van der Waals surface area contributed by atoms with Crippen LogP contribution in [0.15, 0.2) is 24.3 Å². The van der Waals surface area contributed by atoms with E-state index in [9.17, 15) is 4.79 Å². The minimum atomic E-state index is -0.335. The summed E-state index contributed by atoms with van der Waals surface area (Å²) in [5.41, 5.74) is 6.83. The minimum absolute atomic E-state index is 0. The third kappa shape index (κ3) is 7.08. The zero-order valence-electron chi connectivity index (χ0n) is 15.4. The van der Waals surface area contributed by atoms with Gasteiger partial charge in [0.2, 0.25) is 5.91 Å². The molecule has 1 aromatic carbocycles. The summed E-state index contributed by atoms with van der Waals surface area (Å²) in [6, 6.07) is 8.38. The van der Waals surface area contributed by atoms with Crippen molar-refractivity contribution in [3.05, 3.63) is 34.9 Å². The first-order valence-corrected chi connectivity index (χ1v) is 9.65. The number of likely N-dealkylation sites (tertiary alicyclic amines) is 1. The second-order valence-corrected chi connectivity index (χ2v) is 7.49. The Morgan fingerprint density at radius 1 is 1.26 bits per heavy atom. The summed E-state index contributed by atoms with van der Waals surface area (Å²) in [5.74, 6) is 0.00392. The molecule has 2 saturated heterocycles. The fourth-order valence-electron chi connectivity index (χ4n) is 3.77. The van der Waals surface area contributed by atoms with Crippen LogP contribution in [-0.4, -0.2) is 48.7 Å². The first kappa shape index (κ1) is 24.5. The Bertz CT molecular complexity index is 591. The van der Waals surface area contributed by atoms with Crippen LogP contribution in [-0.2, 0) is 16.1 Å². The minimum Gasteiger partial charge on any atom is -0.364 e. The second-order valence-electron chi connectivity index (χ2n) is 7.05. The van der Waals surface area contributed by atoms with E-state index in [-0.39, 0.29) is 42.9 Å². The molecule has 154 valence electrons. The molecule has 2 aliphatic heterocycles. The quantitative estimate of drug-likeness (QED) is 0.716. The Kier molecular flexibility index (Phi) is 11.0. The van der Waals surface area contributed by atoms with Crippen molar-refractivity contribution >= 4 is 42.3 Å². The Labute approximate surface area is 179 Å². The van der Waals surface area contributed by atoms with Gasteiger partial charge >= 0.3 is 0 Å². The molecule has 2 fully saturated rings. The topological polar surface area (TPSA) is 67.6 Å². The van der Waals surface area contributed by atoms with Gasteiger partial charge in [0, 0.05) is 30.7 Å². The number of rotatable bonds is 6. The Morgan fingerprint density at radius 2 is 2.07 bits per heavy atom. The van der Waals surface area contributed by atoms with E-state index in [2.05, 4.69) is 16.3 Å². The van der Waals surface area contributed by atoms with Gasteiger partial charge in [0.25, 0.3) is 0 Å². The molecule has 3 atom stereocenters. The molecule has 27 heavy (non-hydrogen) atoms. The number of carbonyl (C=O) groups excluding carboxylic acids is 1. The van der Waals surface area contributed by atoms with Crippen molar-refractivity contribution in [3.63, 3.8) is 0 Å². The van der Waals surface area contributed by atoms with Crippen LogP contribution in [0.4, 0.5) is 0 Å². The number of piperidine rings is 1. The predicted molar refractivity (Wildman–Crippen MR) is 114 cm³/mol. The third-order valence-electron chi connectivity index (χ3n) is 5.20. The Hall–Kier alpha value is -0.560. The van der Waals surface area contributed by atoms with Gasteiger partial charge < -0.3 is 15.8 Å². The maximum atomic E-state index is 12.3. The zero-order valence-corrected chi connectivity index (χ0v) is 17.8. The summed E-state index contributed by atoms with van der Waals surface area (Å²) >= 11 is 6.10. The van der Waals surface area contributed by atoms with E-state index < -0.39 is 0 Å². The van der Waals surface area contributed by atoms with Crippen LogP contribution in [0.25, 0.3) is 0 Å². The van der Waals surface area contributed by atoms with Crippen molar-refractivity contribution in [1.29, 1.82) is 0 Å². The molecule has 8 heteroatoms. The highest BCUT2D eigenvalue weighted by Gasteiger charge is 2.31. The first-order valence-electron chi connectivity index (χ1n) is 9.27. The van der Waals surface area contributed by atoms with Gasteiger partial charge in [-0.25, -0.2) is 0 Å². The molecule has 2 heterocycles. The zero-order chi connectivity index (χ0) is 17.6. The largest absolute Gasteiger partial charge is 0.364 e. The molecule has 0 spiro atoms. The maximum absolute atomic E-state index is 12.3. The summed E-state index contributed by atoms with van der Waals surface area (Å²) in [4.78, 5) is 14.8. The number of benzene rings is 1. The Balaban J connectivity index is 0.00000182. The van der Waals surface area contributed by atoms with Crippen LogP contribution in [0, 0.1) is 0 Å². The number of halogens is 3. The highest BCUT2D eigenvalue weighted by atomic mass is 35.5. The van der Waals surface area contributed by atoms with Crippen LogP contribution in [0.5, 0.6) is 0 Å². The number of ether oxygens (including phenoxy) is 1. The van der Waals surface area contributed by atoms with Crippen molar-refractivity contribution in [2.45, 2.75) is 56.9 Å². The van der Waals surface area contributed by atoms with E-state index in [1.165, 1.54) is 18.4 Å². The lowest BCUT2D eigenvalue weighted by Crippen LogP contribution is -2.48. The number of nitrogens with zero attached hydrogens (tertiary/aromatic N) is 1. The number of nitrogens with one attached hydrogen (secondary N) is 1. The average molecular weight is 439 g/mol. The normalized spacial score (nSPS) is 25.3. The standard InChI is InChI=1S/C19H28ClN3O2.2ClH/c20-15-5-3-4-14(10-15)13-23-9-2-1-6-16(23)12-22-19(24)18-8-7-17(11-21)25-18;;/h3-5,10,16-18H,1-2,6-9,11-13,21H2,(H,22,24);2*1H/t16?,17-,18+;;/m1../s1. The van der Waals surface area contributed by atoms with Gasteiger partial charge in [-0.3, -0.25) is 9.69 Å². The van der Waals surface area contributed by atoms with Gasteiger partial charge in [-0.15, -0.1) is 24.8 Å². The van der Waals surface area contributed by atoms with E-state index in [4.69, 9.17) is 22.1 Å². The van der Waals surface area contributed by atoms with Crippen LogP contribution >= 0.6 is 36.4 Å². The summed E-state index contributed by atoms with van der Waals surface area (Å²) < 4.78 is 5.68. The third-order valence-corrected chi connectivity index (χ3v) is 5.43. The van der Waals surface area contributed by atoms with Crippen LogP contribution in [0.2, 0.25) is 5.02 Å². The van der Waals surface area contributed by atoms with E-state index >= 15 is 0 Å². The molecule has 0 aromatic heterocycles. The maximum Gasteiger partial charge on any atom is 0.249 e. The van der Waals surface area contributed by atoms with Crippen molar-refractivity contribution in [1.82, 2.24) is 10.2 Å². The van der Waals surface area contributed by atoms with Crippen molar-refractivity contribution in [2.24, 2.45) is 5.73 Å². The van der Waals surface area contributed by atoms with Gasteiger partial charge in [-0.2, -0.15) is 0 Å². The van der Waals surface area contributed by atoms with Gasteiger partial charge in [0.05, 0.1) is 6.10 Å². The predicted octanol–water partition coefficient (Wildman–Crippen LogP) is 3.16. The smallest absolute Gasteiger partial charge is 0.249 e. The summed E-state index contributed by atoms with van der Waals surface area (Å²) in [6.07, 6.45) is 4.86. The van der Waals surface area contributed by atoms with Gasteiger partial charge in [0.1, 0.15) is 6.10 Å². The van der Waals surface area contributed by atoms with Gasteiger partial charge in [0.15, 0.2) is 0 Å². The molecule has 2 aliphatic rings. The van der Waals surface area contributed by atoms with Crippen molar-refractivity contribution in [3.8, 4) is 0 Å². The first-order chi connectivity index (χ1) is 12.2. The molecule has 3 N–H and O–H groups in total. The number of carbonyl (C=O) groups is 1. The molecule has 1 aromatic rings. The molecule has 0 aliphatic carbocycles. The molecule has 3 rings (SSSR count). The van der Waals surface area contributed by atoms with Crippen molar-refractivity contribution < 1.29 is 9.53 Å². The molecule has 0 radical (unpaired) electrons. The fraction of sp³-hybridized carbons (Fsp3) is 0.632. The molecule has 0 saturated carbocycles. The highest BCUT2D eigenvalue weighted by Crippen LogP contribution is 2.22. The second kappa shape index (κ2) is 12.1. The monoisotopic (exact) mass is 437 g/mol. The molecular weight excluding hydrogens is 409 g/mol.